The van der Waals surface area contributed by atoms with Crippen molar-refractivity contribution < 1.29 is 38.8 Å². The third-order valence-electron chi connectivity index (χ3n) is 5.07. The molecule has 1 aromatic carbocycles. The summed E-state index contributed by atoms with van der Waals surface area (Å²) >= 11 is 0. The van der Waals surface area contributed by atoms with E-state index in [0.717, 1.165) is 0 Å². The molecule has 0 saturated heterocycles. The number of rotatable bonds is 6. The lowest BCUT2D eigenvalue weighted by Crippen LogP contribution is -2.55. The SMILES string of the molecule is COc1cc([C@H]2[C@@H](C(=O)OC(C)C)C(=O)C[C@@](C)(O)[C@@H]2C(=O)OC(C)C)ccc1O. The van der Waals surface area contributed by atoms with Crippen molar-refractivity contribution in [2.24, 2.45) is 11.8 Å². The van der Waals surface area contributed by atoms with Gasteiger partial charge in [0.15, 0.2) is 17.3 Å². The van der Waals surface area contributed by atoms with Crippen molar-refractivity contribution in [2.45, 2.75) is 64.8 Å². The van der Waals surface area contributed by atoms with E-state index in [-0.39, 0.29) is 11.5 Å². The van der Waals surface area contributed by atoms with Crippen LogP contribution in [-0.4, -0.2) is 52.9 Å². The van der Waals surface area contributed by atoms with Crippen molar-refractivity contribution >= 4 is 17.7 Å². The molecule has 0 spiro atoms. The number of esters is 2. The highest BCUT2D eigenvalue weighted by molar-refractivity contribution is 6.02. The first-order valence-electron chi connectivity index (χ1n) is 9.92. The Morgan fingerprint density at radius 3 is 2.20 bits per heavy atom. The molecule has 8 heteroatoms. The van der Waals surface area contributed by atoms with Gasteiger partial charge in [0.1, 0.15) is 5.92 Å². The zero-order valence-electron chi connectivity index (χ0n) is 18.2. The second-order valence-corrected chi connectivity index (χ2v) is 8.38. The molecule has 166 valence electrons. The number of Topliss-reactive ketones (excluding diaryl/α,β-unsaturated/α-hetero) is 1. The highest BCUT2D eigenvalue weighted by Crippen LogP contribution is 2.48. The Bertz CT molecular complexity index is 803. The van der Waals surface area contributed by atoms with Gasteiger partial charge in [0.2, 0.25) is 0 Å². The lowest BCUT2D eigenvalue weighted by atomic mass is 9.61. The predicted octanol–water partition coefficient (Wildman–Crippen LogP) is 2.34. The van der Waals surface area contributed by atoms with E-state index >= 15 is 0 Å². The molecule has 0 aromatic heterocycles. The molecule has 1 aliphatic rings. The van der Waals surface area contributed by atoms with Crippen molar-refractivity contribution in [1.29, 1.82) is 0 Å². The number of phenolic OH excluding ortho intramolecular Hbond substituents is 1. The molecule has 1 aromatic rings. The minimum absolute atomic E-state index is 0.108. The molecule has 8 nitrogen and oxygen atoms in total. The number of carbonyl (C=O) groups excluding carboxylic acids is 3. The summed E-state index contributed by atoms with van der Waals surface area (Å²) in [5.41, 5.74) is -1.37. The molecule has 0 aliphatic heterocycles. The Morgan fingerprint density at radius 1 is 1.10 bits per heavy atom. The minimum atomic E-state index is -1.74. The normalized spacial score (nSPS) is 26.6. The summed E-state index contributed by atoms with van der Waals surface area (Å²) in [6.07, 6.45) is -1.32. The molecule has 1 fully saturated rings. The van der Waals surface area contributed by atoms with Crippen LogP contribution in [0.1, 0.15) is 52.5 Å². The van der Waals surface area contributed by atoms with Crippen LogP contribution in [0.15, 0.2) is 18.2 Å². The van der Waals surface area contributed by atoms with Gasteiger partial charge in [-0.25, -0.2) is 0 Å². The molecule has 0 radical (unpaired) electrons. The number of carbonyl (C=O) groups is 3. The van der Waals surface area contributed by atoms with E-state index in [1.807, 2.05) is 0 Å². The predicted molar refractivity (Wildman–Crippen MR) is 107 cm³/mol. The average Bonchev–Trinajstić information content (AvgIpc) is 2.59. The van der Waals surface area contributed by atoms with Crippen LogP contribution in [0, 0.1) is 11.8 Å². The summed E-state index contributed by atoms with van der Waals surface area (Å²) in [6.45, 7) is 8.04. The third kappa shape index (κ3) is 4.92. The van der Waals surface area contributed by atoms with Gasteiger partial charge in [-0.2, -0.15) is 0 Å². The number of aromatic hydroxyl groups is 1. The van der Waals surface area contributed by atoms with Gasteiger partial charge in [-0.3, -0.25) is 14.4 Å². The fourth-order valence-electron chi connectivity index (χ4n) is 3.93. The standard InChI is InChI=1S/C22H30O8/c1-11(2)29-20(25)18-15(24)10-22(5,27)19(21(26)30-12(3)4)17(18)13-7-8-14(23)16(9-13)28-6/h7-9,11-12,17-19,23,27H,10H2,1-6H3/t17-,18-,19-,22+/m0/s1. The first kappa shape index (κ1) is 23.7. The molecule has 1 saturated carbocycles. The first-order chi connectivity index (χ1) is 13.9. The summed E-state index contributed by atoms with van der Waals surface area (Å²) in [7, 11) is 1.36. The smallest absolute Gasteiger partial charge is 0.317 e. The van der Waals surface area contributed by atoms with Crippen LogP contribution < -0.4 is 4.74 Å². The maximum absolute atomic E-state index is 13.0. The first-order valence-corrected chi connectivity index (χ1v) is 9.92. The number of phenols is 1. The van der Waals surface area contributed by atoms with E-state index in [9.17, 15) is 24.6 Å². The Labute approximate surface area is 176 Å². The Kier molecular flexibility index (Phi) is 7.13. The molecule has 0 unspecified atom stereocenters. The largest absolute Gasteiger partial charge is 0.504 e. The Morgan fingerprint density at radius 2 is 1.67 bits per heavy atom. The van der Waals surface area contributed by atoms with E-state index in [1.54, 1.807) is 27.7 Å². The van der Waals surface area contributed by atoms with E-state index in [2.05, 4.69) is 0 Å². The van der Waals surface area contributed by atoms with Crippen molar-refractivity contribution in [3.05, 3.63) is 23.8 Å². The number of aliphatic hydroxyl groups is 1. The molecule has 2 N–H and O–H groups in total. The van der Waals surface area contributed by atoms with E-state index in [0.29, 0.717) is 5.56 Å². The topological polar surface area (TPSA) is 119 Å². The Hall–Kier alpha value is -2.61. The highest BCUT2D eigenvalue weighted by atomic mass is 16.5. The monoisotopic (exact) mass is 422 g/mol. The number of hydrogen-bond donors (Lipinski definition) is 2. The van der Waals surface area contributed by atoms with Crippen LogP contribution in [-0.2, 0) is 23.9 Å². The second-order valence-electron chi connectivity index (χ2n) is 8.38. The summed E-state index contributed by atoms with van der Waals surface area (Å²) in [4.78, 5) is 38.8. The van der Waals surface area contributed by atoms with Gasteiger partial charge in [-0.05, 0) is 52.3 Å². The van der Waals surface area contributed by atoms with Crippen LogP contribution >= 0.6 is 0 Å². The van der Waals surface area contributed by atoms with Gasteiger partial charge in [0, 0.05) is 12.3 Å². The third-order valence-corrected chi connectivity index (χ3v) is 5.07. The van der Waals surface area contributed by atoms with Gasteiger partial charge in [-0.1, -0.05) is 6.07 Å². The van der Waals surface area contributed by atoms with Crippen molar-refractivity contribution in [3.63, 3.8) is 0 Å². The zero-order valence-corrected chi connectivity index (χ0v) is 18.2. The fourth-order valence-corrected chi connectivity index (χ4v) is 3.93. The number of hydrogen-bond acceptors (Lipinski definition) is 8. The van der Waals surface area contributed by atoms with Gasteiger partial charge in [0.25, 0.3) is 0 Å². The average molecular weight is 422 g/mol. The van der Waals surface area contributed by atoms with E-state index in [1.165, 1.54) is 32.2 Å². The molecule has 4 atom stereocenters. The molecule has 30 heavy (non-hydrogen) atoms. The molecule has 1 aliphatic carbocycles. The van der Waals surface area contributed by atoms with Crippen molar-refractivity contribution in [1.82, 2.24) is 0 Å². The lowest BCUT2D eigenvalue weighted by Gasteiger charge is -2.44. The van der Waals surface area contributed by atoms with Crippen LogP contribution in [0.5, 0.6) is 11.5 Å². The van der Waals surface area contributed by atoms with Crippen LogP contribution in [0.4, 0.5) is 0 Å². The van der Waals surface area contributed by atoms with Gasteiger partial charge in [0.05, 0.1) is 30.8 Å². The number of benzene rings is 1. The zero-order chi connectivity index (χ0) is 22.8. The number of ether oxygens (including phenoxy) is 3. The van der Waals surface area contributed by atoms with E-state index < -0.39 is 59.7 Å². The maximum atomic E-state index is 13.0. The molecule has 0 amide bonds. The minimum Gasteiger partial charge on any atom is -0.504 e. The summed E-state index contributed by atoms with van der Waals surface area (Å²) in [5, 5.41) is 21.0. The molecule has 0 bridgehead atoms. The number of methoxy groups -OCH3 is 1. The lowest BCUT2D eigenvalue weighted by molar-refractivity contribution is -0.176. The van der Waals surface area contributed by atoms with Crippen LogP contribution in [0.3, 0.4) is 0 Å². The molecule has 0 heterocycles. The highest BCUT2D eigenvalue weighted by Gasteiger charge is 2.57. The fraction of sp³-hybridized carbons (Fsp3) is 0.591. The van der Waals surface area contributed by atoms with Crippen LogP contribution in [0.2, 0.25) is 0 Å². The molecule has 2 rings (SSSR count). The quantitative estimate of drug-likeness (QED) is 0.530. The second kappa shape index (κ2) is 9.04. The summed E-state index contributed by atoms with van der Waals surface area (Å²) < 4.78 is 15.8. The van der Waals surface area contributed by atoms with Crippen LogP contribution in [0.25, 0.3) is 0 Å². The molecular weight excluding hydrogens is 392 g/mol. The summed E-state index contributed by atoms with van der Waals surface area (Å²) in [5.74, 6) is -5.64. The Balaban J connectivity index is 2.67. The van der Waals surface area contributed by atoms with Crippen molar-refractivity contribution in [2.75, 3.05) is 7.11 Å². The van der Waals surface area contributed by atoms with Gasteiger partial charge < -0.3 is 24.4 Å². The number of ketones is 1. The van der Waals surface area contributed by atoms with Gasteiger partial charge >= 0.3 is 11.9 Å². The summed E-state index contributed by atoms with van der Waals surface area (Å²) in [6, 6.07) is 4.28. The van der Waals surface area contributed by atoms with E-state index in [4.69, 9.17) is 14.2 Å². The van der Waals surface area contributed by atoms with Gasteiger partial charge in [-0.15, -0.1) is 0 Å². The molecular formula is C22H30O8. The van der Waals surface area contributed by atoms with Crippen molar-refractivity contribution in [3.8, 4) is 11.5 Å². The maximum Gasteiger partial charge on any atom is 0.317 e.